The molecule has 3 aliphatic heterocycles. The number of rotatable bonds is 13. The van der Waals surface area contributed by atoms with Crippen molar-refractivity contribution in [2.24, 2.45) is 11.7 Å². The number of hydrazine groups is 2. The van der Waals surface area contributed by atoms with Crippen molar-refractivity contribution in [1.29, 1.82) is 0 Å². The van der Waals surface area contributed by atoms with Crippen molar-refractivity contribution in [3.8, 4) is 11.5 Å². The molecule has 5 heterocycles. The average Bonchev–Trinajstić information content (AvgIpc) is 3.94. The Labute approximate surface area is 448 Å². The summed E-state index contributed by atoms with van der Waals surface area (Å²) in [5, 5.41) is 24.1. The maximum Gasteiger partial charge on any atom is 0.490 e. The molecule has 2 atom stereocenters. The van der Waals surface area contributed by atoms with Crippen LogP contribution in [-0.2, 0) is 9.53 Å². The molecule has 0 saturated carbocycles. The molecule has 3 fully saturated rings. The highest BCUT2D eigenvalue weighted by molar-refractivity contribution is 7.59. The second-order valence-electron chi connectivity index (χ2n) is 17.0. The normalized spacial score (nSPS) is 16.5. The number of nitrogens with zero attached hydrogens (tertiary/aromatic N) is 2. The van der Waals surface area contributed by atoms with Crippen LogP contribution in [0.5, 0.6) is 11.5 Å². The van der Waals surface area contributed by atoms with Gasteiger partial charge in [0.1, 0.15) is 53.6 Å². The van der Waals surface area contributed by atoms with Gasteiger partial charge in [-0.1, -0.05) is 46.4 Å². The summed E-state index contributed by atoms with van der Waals surface area (Å²) < 4.78 is 84.8. The van der Waals surface area contributed by atoms with Crippen LogP contribution in [0, 0.1) is 17.6 Å². The number of amides is 2. The van der Waals surface area contributed by atoms with E-state index in [1.165, 1.54) is 24.3 Å². The predicted octanol–water partition coefficient (Wildman–Crippen LogP) is 10.6. The number of alkyl halides is 3. The van der Waals surface area contributed by atoms with Crippen molar-refractivity contribution in [2.45, 2.75) is 63.0 Å². The number of piperidine rings is 2. The summed E-state index contributed by atoms with van der Waals surface area (Å²) >= 11 is 23.1. The van der Waals surface area contributed by atoms with E-state index >= 15 is 0 Å². The van der Waals surface area contributed by atoms with E-state index in [4.69, 9.17) is 85.1 Å². The number of carbonyl (C=O) groups excluding carboxylic acids is 2. The van der Waals surface area contributed by atoms with Crippen molar-refractivity contribution < 1.29 is 69.6 Å². The number of aliphatic hydroxyl groups is 1. The van der Waals surface area contributed by atoms with E-state index in [1.54, 1.807) is 60.7 Å². The Bertz CT molecular complexity index is 2810. The summed E-state index contributed by atoms with van der Waals surface area (Å²) in [4.78, 5) is 33.6. The molecule has 6 N–H and O–H groups in total. The second kappa shape index (κ2) is 28.2. The molecule has 2 amide bonds. The topological polar surface area (TPSA) is 205 Å². The van der Waals surface area contributed by atoms with E-state index in [9.17, 15) is 36.6 Å². The van der Waals surface area contributed by atoms with Crippen LogP contribution in [-0.4, -0.2) is 108 Å². The smallest absolute Gasteiger partial charge is 0.490 e. The lowest BCUT2D eigenvalue weighted by atomic mass is 9.92. The third kappa shape index (κ3) is 19.3. The van der Waals surface area contributed by atoms with E-state index in [2.05, 4.69) is 10.9 Å². The zero-order chi connectivity index (χ0) is 52.8. The average molecular weight is 1140 g/mol. The Hall–Kier alpha value is -5.07. The third-order valence-electron chi connectivity index (χ3n) is 11.3. The summed E-state index contributed by atoms with van der Waals surface area (Å²) in [7, 11) is 0. The van der Waals surface area contributed by atoms with Gasteiger partial charge in [0.15, 0.2) is 11.5 Å². The van der Waals surface area contributed by atoms with Crippen LogP contribution in [0.4, 0.5) is 22.0 Å². The van der Waals surface area contributed by atoms with Gasteiger partial charge in [-0.15, -0.1) is 0 Å². The number of ether oxygens (including phenoxy) is 3. The maximum absolute atomic E-state index is 13.5. The van der Waals surface area contributed by atoms with Gasteiger partial charge in [0, 0.05) is 65.2 Å². The number of nitrogens with two attached hydrogens (primary N) is 1. The number of benzene rings is 4. The number of hydrogen-bond acceptors (Lipinski definition) is 12. The SMILES string of the molecule is Fc1cc(OC[C@@H]2CO2)ccc1Cl.NC1CCN(NC(=O)c2cc3cc(Cl)ccc3o2)CC1.O=C(NN1CCC(CC[C@H](O)COc2ccc(Cl)c(F)c2)CC1)c1cc2cc(Cl)ccc2o1.O=C(O)C(F)(F)F.S. The summed E-state index contributed by atoms with van der Waals surface area (Å²) in [6.07, 6.45) is -0.508. The minimum Gasteiger partial charge on any atom is -0.491 e. The maximum atomic E-state index is 13.5. The monoisotopic (exact) mass is 1140 g/mol. The van der Waals surface area contributed by atoms with Crippen LogP contribution < -0.4 is 26.1 Å². The first kappa shape index (κ1) is 59.8. The lowest BCUT2D eigenvalue weighted by molar-refractivity contribution is -0.192. The van der Waals surface area contributed by atoms with E-state index in [1.807, 2.05) is 10.0 Å². The number of aliphatic carboxylic acids is 1. The number of carbonyl (C=O) groups is 3. The fourth-order valence-electron chi connectivity index (χ4n) is 7.18. The molecule has 6 aromatic rings. The first-order valence-electron chi connectivity index (χ1n) is 22.7. The highest BCUT2D eigenvalue weighted by Gasteiger charge is 2.38. The summed E-state index contributed by atoms with van der Waals surface area (Å²) in [5.41, 5.74) is 12.8. The standard InChI is InChI=1S/C24H25Cl2FN2O4.C14H16ClN3O2.C9H8ClFO2.C2HF3O2.H2S/c25-17-2-6-22-16(11-17)12-23(33-22)24(31)28-29-9-7-15(8-10-29)1-3-18(30)14-32-19-4-5-20(26)21(27)13-19;15-10-1-2-12-9(7-10)8-13(20-12)14(19)17-18-5-3-11(16)4-6-18;10-8-2-1-6(3-9(8)11)12-4-7-5-13-7;3-2(4,5)1(6)7;/h2,4-6,11-13,15,18,30H,1,3,7-10,14H2,(H,28,31);1-2,7-8,11H,3-6,16H2,(H,17,19);1-3,7H,4-5H2;(H,6,7);1H2/t18-;;7-;;/m0.1../s1. The van der Waals surface area contributed by atoms with Crippen LogP contribution >= 0.6 is 59.9 Å². The van der Waals surface area contributed by atoms with Gasteiger partial charge in [0.25, 0.3) is 0 Å². The molecule has 25 heteroatoms. The molecule has 402 valence electrons. The van der Waals surface area contributed by atoms with Crippen molar-refractivity contribution in [1.82, 2.24) is 20.9 Å². The molecule has 3 aliphatic rings. The van der Waals surface area contributed by atoms with Gasteiger partial charge in [-0.2, -0.15) is 26.7 Å². The fourth-order valence-corrected chi connectivity index (χ4v) is 7.78. The van der Waals surface area contributed by atoms with Gasteiger partial charge in [-0.25, -0.2) is 23.6 Å². The number of carboxylic acids is 1. The molecule has 0 bridgehead atoms. The fraction of sp³-hybridized carbons (Fsp3) is 0.367. The first-order valence-corrected chi connectivity index (χ1v) is 24.2. The zero-order valence-electron chi connectivity index (χ0n) is 39.1. The lowest BCUT2D eigenvalue weighted by Crippen LogP contribution is -2.49. The van der Waals surface area contributed by atoms with Crippen LogP contribution in [0.15, 0.2) is 93.8 Å². The quantitative estimate of drug-likeness (QED) is 0.0540. The molecule has 0 aliphatic carbocycles. The number of halogens is 9. The number of hydrogen-bond donors (Lipinski definition) is 5. The molecule has 0 spiro atoms. The molecule has 4 aromatic carbocycles. The molecule has 2 aromatic heterocycles. The largest absolute Gasteiger partial charge is 0.491 e. The minimum atomic E-state index is -5.08. The number of epoxide rings is 1. The Morgan fingerprint density at radius 1 is 0.716 bits per heavy atom. The first-order chi connectivity index (χ1) is 34.7. The van der Waals surface area contributed by atoms with Gasteiger partial charge >= 0.3 is 24.0 Å². The number of carboxylic acid groups (broad SMARTS) is 1. The summed E-state index contributed by atoms with van der Waals surface area (Å²) in [6.45, 7) is 4.27. The van der Waals surface area contributed by atoms with Crippen LogP contribution in [0.1, 0.15) is 59.6 Å². The van der Waals surface area contributed by atoms with Gasteiger partial charge in [0.2, 0.25) is 0 Å². The lowest BCUT2D eigenvalue weighted by Gasteiger charge is -2.32. The number of fused-ring (bicyclic) bond motifs is 2. The summed E-state index contributed by atoms with van der Waals surface area (Å²) in [5.74, 6) is -2.48. The highest BCUT2D eigenvalue weighted by atomic mass is 35.5. The molecule has 9 rings (SSSR count). The van der Waals surface area contributed by atoms with E-state index < -0.39 is 29.9 Å². The Morgan fingerprint density at radius 2 is 1.16 bits per heavy atom. The Balaban J connectivity index is 0.000000209. The van der Waals surface area contributed by atoms with Gasteiger partial charge in [-0.05, 0) is 117 Å². The Kier molecular flexibility index (Phi) is 22.8. The Morgan fingerprint density at radius 3 is 1.59 bits per heavy atom. The van der Waals surface area contributed by atoms with Crippen LogP contribution in [0.3, 0.4) is 0 Å². The molecule has 74 heavy (non-hydrogen) atoms. The molecule has 0 radical (unpaired) electrons. The summed E-state index contributed by atoms with van der Waals surface area (Å²) in [6, 6.07) is 22.7. The number of aliphatic hydroxyl groups excluding tert-OH is 1. The van der Waals surface area contributed by atoms with Crippen molar-refractivity contribution >= 4 is 99.6 Å². The predicted molar refractivity (Wildman–Crippen MR) is 273 cm³/mol. The van der Waals surface area contributed by atoms with Crippen LogP contribution in [0.25, 0.3) is 21.9 Å². The molecule has 0 unspecified atom stereocenters. The molecular weight excluding hydrogens is 1090 g/mol. The zero-order valence-corrected chi connectivity index (χ0v) is 43.1. The highest BCUT2D eigenvalue weighted by Crippen LogP contribution is 2.27. The van der Waals surface area contributed by atoms with Crippen molar-refractivity contribution in [3.63, 3.8) is 0 Å². The van der Waals surface area contributed by atoms with Gasteiger partial charge < -0.3 is 39.0 Å². The minimum absolute atomic E-state index is 0. The molecular formula is C49H52Cl4F5N5O10S. The van der Waals surface area contributed by atoms with Gasteiger partial charge in [0.05, 0.1) is 22.8 Å². The van der Waals surface area contributed by atoms with Crippen molar-refractivity contribution in [3.05, 3.63) is 128 Å². The van der Waals surface area contributed by atoms with Crippen molar-refractivity contribution in [2.75, 3.05) is 46.0 Å². The van der Waals surface area contributed by atoms with E-state index in [-0.39, 0.29) is 65.6 Å². The third-order valence-corrected chi connectivity index (χ3v) is 12.4. The van der Waals surface area contributed by atoms with Gasteiger partial charge in [-0.3, -0.25) is 20.4 Å². The van der Waals surface area contributed by atoms with E-state index in [0.717, 1.165) is 75.7 Å². The molecule has 3 saturated heterocycles. The number of furan rings is 2. The number of nitrogens with one attached hydrogen (secondary N) is 2. The van der Waals surface area contributed by atoms with Crippen LogP contribution in [0.2, 0.25) is 20.1 Å². The molecule has 15 nitrogen and oxygen atoms in total. The van der Waals surface area contributed by atoms with E-state index in [0.29, 0.717) is 51.7 Å². The second-order valence-corrected chi connectivity index (χ2v) is 18.7.